The molecule has 0 aliphatic carbocycles. The quantitative estimate of drug-likeness (QED) is 0.718. The molecule has 0 saturated carbocycles. The van der Waals surface area contributed by atoms with Crippen LogP contribution >= 0.6 is 0 Å². The highest BCUT2D eigenvalue weighted by molar-refractivity contribution is 6.02. The zero-order valence-corrected chi connectivity index (χ0v) is 10.5. The molecule has 19 heavy (non-hydrogen) atoms. The number of rotatable bonds is 1. The Morgan fingerprint density at radius 3 is 2.53 bits per heavy atom. The maximum Gasteiger partial charge on any atom is 0.0650 e. The van der Waals surface area contributed by atoms with Crippen molar-refractivity contribution >= 4 is 28.1 Å². The van der Waals surface area contributed by atoms with Crippen molar-refractivity contribution in [1.82, 2.24) is 4.98 Å². The molecule has 4 heteroatoms. The van der Waals surface area contributed by atoms with Gasteiger partial charge in [0.2, 0.25) is 0 Å². The summed E-state index contributed by atoms with van der Waals surface area (Å²) in [5, 5.41) is 5.27. The third-order valence-electron chi connectivity index (χ3n) is 3.45. The number of para-hydroxylation sites is 2. The first-order chi connectivity index (χ1) is 9.34. The lowest BCUT2D eigenvalue weighted by molar-refractivity contribution is 0.921. The standard InChI is InChI=1S/C15H13N4/c1-18-14-12-9-5-6-10-13(12)16-15(14)17-19(18)11-7-3-2-4-8-11/h2-10,17H,1H3/q-1. The van der Waals surface area contributed by atoms with Gasteiger partial charge in [0.1, 0.15) is 0 Å². The molecule has 1 aliphatic heterocycles. The van der Waals surface area contributed by atoms with Gasteiger partial charge < -0.3 is 10.4 Å². The summed E-state index contributed by atoms with van der Waals surface area (Å²) >= 11 is 0. The van der Waals surface area contributed by atoms with E-state index in [0.29, 0.717) is 0 Å². The summed E-state index contributed by atoms with van der Waals surface area (Å²) in [5.74, 6) is 0.910. The summed E-state index contributed by atoms with van der Waals surface area (Å²) in [7, 11) is 2.04. The molecule has 0 radical (unpaired) electrons. The van der Waals surface area contributed by atoms with E-state index in [0.717, 1.165) is 22.7 Å². The normalized spacial score (nSPS) is 13.7. The van der Waals surface area contributed by atoms with Crippen LogP contribution in [-0.2, 0) is 0 Å². The third-order valence-corrected chi connectivity index (χ3v) is 3.45. The van der Waals surface area contributed by atoms with Crippen LogP contribution in [0.15, 0.2) is 54.6 Å². The highest BCUT2D eigenvalue weighted by atomic mass is 15.8. The molecule has 2 heterocycles. The molecule has 94 valence electrons. The van der Waals surface area contributed by atoms with Gasteiger partial charge in [-0.25, -0.2) is 0 Å². The zero-order chi connectivity index (χ0) is 12.8. The lowest BCUT2D eigenvalue weighted by Crippen LogP contribution is -2.39. The number of benzene rings is 2. The summed E-state index contributed by atoms with van der Waals surface area (Å²) in [6.45, 7) is 0. The molecule has 2 aromatic carbocycles. The first-order valence-electron chi connectivity index (χ1n) is 6.25. The number of fused-ring (bicyclic) bond motifs is 3. The Hall–Kier alpha value is -2.62. The maximum atomic E-state index is 4.62. The van der Waals surface area contributed by atoms with Gasteiger partial charge in [0, 0.05) is 12.4 Å². The van der Waals surface area contributed by atoms with Crippen molar-refractivity contribution in [1.29, 1.82) is 0 Å². The highest BCUT2D eigenvalue weighted by Gasteiger charge is 2.21. The maximum absolute atomic E-state index is 4.62. The second-order valence-electron chi connectivity index (χ2n) is 4.61. The molecule has 0 atom stereocenters. The molecule has 1 N–H and O–H groups in total. The SMILES string of the molecule is CN1c2c([n-]c3ccccc23)NN1c1ccccc1. The van der Waals surface area contributed by atoms with Crippen molar-refractivity contribution < 1.29 is 0 Å². The number of nitrogens with one attached hydrogen (secondary N) is 1. The molecular formula is C15H13N4-. The molecule has 0 unspecified atom stereocenters. The summed E-state index contributed by atoms with van der Waals surface area (Å²) in [6, 6.07) is 18.4. The molecule has 4 nitrogen and oxygen atoms in total. The van der Waals surface area contributed by atoms with Crippen LogP contribution < -0.4 is 20.5 Å². The van der Waals surface area contributed by atoms with Gasteiger partial charge in [0.15, 0.2) is 0 Å². The third kappa shape index (κ3) is 1.40. The summed E-state index contributed by atoms with van der Waals surface area (Å²) < 4.78 is 0. The van der Waals surface area contributed by atoms with Crippen LogP contribution in [0.4, 0.5) is 17.2 Å². The fraction of sp³-hybridized carbons (Fsp3) is 0.0667. The van der Waals surface area contributed by atoms with Crippen molar-refractivity contribution in [3.8, 4) is 0 Å². The Morgan fingerprint density at radius 2 is 1.68 bits per heavy atom. The summed E-state index contributed by atoms with van der Waals surface area (Å²) in [4.78, 5) is 4.62. The van der Waals surface area contributed by atoms with Gasteiger partial charge in [0.25, 0.3) is 0 Å². The van der Waals surface area contributed by atoms with Crippen LogP contribution in [0.2, 0.25) is 0 Å². The molecule has 0 fully saturated rings. The van der Waals surface area contributed by atoms with E-state index in [9.17, 15) is 0 Å². The molecule has 0 amide bonds. The molecular weight excluding hydrogens is 236 g/mol. The Kier molecular flexibility index (Phi) is 2.00. The minimum atomic E-state index is 0.910. The topological polar surface area (TPSA) is 32.6 Å². The minimum absolute atomic E-state index is 0.910. The van der Waals surface area contributed by atoms with E-state index < -0.39 is 0 Å². The van der Waals surface area contributed by atoms with Gasteiger partial charge >= 0.3 is 0 Å². The molecule has 3 aromatic rings. The van der Waals surface area contributed by atoms with E-state index in [2.05, 4.69) is 33.6 Å². The predicted octanol–water partition coefficient (Wildman–Crippen LogP) is 3.00. The number of hydrogen-bond acceptors (Lipinski definition) is 3. The number of anilines is 3. The second kappa shape index (κ2) is 3.68. The van der Waals surface area contributed by atoms with Crippen molar-refractivity contribution in [3.63, 3.8) is 0 Å². The Bertz CT molecular complexity index is 732. The van der Waals surface area contributed by atoms with Crippen molar-refractivity contribution in [3.05, 3.63) is 54.6 Å². The summed E-state index contributed by atoms with van der Waals surface area (Å²) in [6.07, 6.45) is 0. The van der Waals surface area contributed by atoms with Gasteiger partial charge in [-0.1, -0.05) is 42.5 Å². The first kappa shape index (κ1) is 10.3. The van der Waals surface area contributed by atoms with Crippen LogP contribution in [0.3, 0.4) is 0 Å². The average molecular weight is 249 g/mol. The van der Waals surface area contributed by atoms with E-state index in [4.69, 9.17) is 0 Å². The van der Waals surface area contributed by atoms with Crippen molar-refractivity contribution in [2.75, 3.05) is 22.6 Å². The lowest BCUT2D eigenvalue weighted by Gasteiger charge is -2.32. The van der Waals surface area contributed by atoms with Gasteiger partial charge in [-0.05, 0) is 23.5 Å². The van der Waals surface area contributed by atoms with Gasteiger partial charge in [-0.3, -0.25) is 10.1 Å². The van der Waals surface area contributed by atoms with E-state index in [1.54, 1.807) is 0 Å². The van der Waals surface area contributed by atoms with E-state index in [1.165, 1.54) is 5.39 Å². The molecule has 4 rings (SSSR count). The van der Waals surface area contributed by atoms with Crippen LogP contribution in [-0.4, -0.2) is 7.05 Å². The van der Waals surface area contributed by atoms with Gasteiger partial charge in [0.05, 0.1) is 11.4 Å². The largest absolute Gasteiger partial charge is 0.433 e. The zero-order valence-electron chi connectivity index (χ0n) is 10.5. The number of nitrogens with zero attached hydrogens (tertiary/aromatic N) is 3. The fourth-order valence-corrected chi connectivity index (χ4v) is 2.56. The van der Waals surface area contributed by atoms with Crippen LogP contribution in [0.25, 0.3) is 10.9 Å². The molecule has 0 spiro atoms. The minimum Gasteiger partial charge on any atom is -0.433 e. The number of aromatic nitrogens is 1. The van der Waals surface area contributed by atoms with Crippen molar-refractivity contribution in [2.24, 2.45) is 0 Å². The monoisotopic (exact) mass is 249 g/mol. The summed E-state index contributed by atoms with van der Waals surface area (Å²) in [5.41, 5.74) is 6.58. The van der Waals surface area contributed by atoms with Gasteiger partial charge in [-0.2, -0.15) is 0 Å². The van der Waals surface area contributed by atoms with E-state index in [1.807, 2.05) is 48.6 Å². The van der Waals surface area contributed by atoms with Crippen LogP contribution in [0.1, 0.15) is 0 Å². The Labute approximate surface area is 111 Å². The smallest absolute Gasteiger partial charge is 0.0650 e. The lowest BCUT2D eigenvalue weighted by atomic mass is 10.2. The average Bonchev–Trinajstić information content (AvgIpc) is 2.97. The molecule has 0 bridgehead atoms. The van der Waals surface area contributed by atoms with Crippen LogP contribution in [0.5, 0.6) is 0 Å². The van der Waals surface area contributed by atoms with E-state index in [-0.39, 0.29) is 0 Å². The number of hydrazine groups is 2. The predicted molar refractivity (Wildman–Crippen MR) is 78.2 cm³/mol. The Morgan fingerprint density at radius 1 is 0.947 bits per heavy atom. The molecule has 0 saturated heterocycles. The highest BCUT2D eigenvalue weighted by Crippen LogP contribution is 2.40. The van der Waals surface area contributed by atoms with E-state index >= 15 is 0 Å². The molecule has 1 aliphatic rings. The number of hydrogen-bond donors (Lipinski definition) is 1. The van der Waals surface area contributed by atoms with Crippen molar-refractivity contribution in [2.45, 2.75) is 0 Å². The fourth-order valence-electron chi connectivity index (χ4n) is 2.56. The van der Waals surface area contributed by atoms with Crippen LogP contribution in [0, 0.1) is 0 Å². The molecule has 1 aromatic heterocycles. The first-order valence-corrected chi connectivity index (χ1v) is 6.25. The second-order valence-corrected chi connectivity index (χ2v) is 4.61. The Balaban J connectivity index is 1.83. The van der Waals surface area contributed by atoms with Gasteiger partial charge in [-0.15, -0.1) is 0 Å².